The lowest BCUT2D eigenvalue weighted by Crippen LogP contribution is -2.34. The van der Waals surface area contributed by atoms with Crippen molar-refractivity contribution in [1.82, 2.24) is 5.32 Å². The molecule has 1 amide bonds. The third-order valence-corrected chi connectivity index (χ3v) is 1.11. The monoisotopic (exact) mass is 165 g/mol. The molecule has 1 atom stereocenters. The van der Waals surface area contributed by atoms with Gasteiger partial charge < -0.3 is 5.32 Å². The summed E-state index contributed by atoms with van der Waals surface area (Å²) in [5, 5.41) is 2.38. The molecule has 1 unspecified atom stereocenters. The van der Waals surface area contributed by atoms with Crippen LogP contribution in [0.4, 0.5) is 8.78 Å². The predicted molar refractivity (Wildman–Crippen MR) is 38.5 cm³/mol. The minimum absolute atomic E-state index is 0.276. The van der Waals surface area contributed by atoms with Crippen LogP contribution in [0.15, 0.2) is 0 Å². The molecule has 0 aromatic carbocycles. The maximum absolute atomic E-state index is 12.3. The van der Waals surface area contributed by atoms with E-state index in [2.05, 4.69) is 5.32 Å². The number of rotatable bonds is 3. The number of hydrogen-bond donors (Lipinski definition) is 1. The van der Waals surface area contributed by atoms with Crippen LogP contribution in [0, 0.1) is 0 Å². The zero-order valence-corrected chi connectivity index (χ0v) is 6.95. The molecule has 66 valence electrons. The minimum atomic E-state index is -2.71. The van der Waals surface area contributed by atoms with E-state index in [4.69, 9.17) is 0 Å². The molecule has 0 spiro atoms. The van der Waals surface area contributed by atoms with Crippen LogP contribution >= 0.6 is 0 Å². The first-order valence-corrected chi connectivity index (χ1v) is 3.46. The summed E-state index contributed by atoms with van der Waals surface area (Å²) in [4.78, 5) is 10.4. The van der Waals surface area contributed by atoms with Gasteiger partial charge in [-0.15, -0.1) is 0 Å². The van der Waals surface area contributed by atoms with Crippen molar-refractivity contribution >= 4 is 5.91 Å². The standard InChI is InChI=1S/C7H13F2NO/c1-5(10-6(2)11)4-7(3,8)9/h5H,4H2,1-3H3,(H,10,11). The van der Waals surface area contributed by atoms with E-state index in [1.54, 1.807) is 6.92 Å². The molecule has 0 aromatic heterocycles. The van der Waals surface area contributed by atoms with Gasteiger partial charge in [0.2, 0.25) is 11.8 Å². The topological polar surface area (TPSA) is 29.1 Å². The Kier molecular flexibility index (Phi) is 3.42. The smallest absolute Gasteiger partial charge is 0.247 e. The Morgan fingerprint density at radius 1 is 1.64 bits per heavy atom. The second-order valence-electron chi connectivity index (χ2n) is 2.88. The van der Waals surface area contributed by atoms with Crippen molar-refractivity contribution in [2.24, 2.45) is 0 Å². The van der Waals surface area contributed by atoms with Crippen LogP contribution in [0.5, 0.6) is 0 Å². The first-order valence-electron chi connectivity index (χ1n) is 3.46. The first kappa shape index (κ1) is 10.3. The summed E-state index contributed by atoms with van der Waals surface area (Å²) in [7, 11) is 0. The molecule has 0 fully saturated rings. The summed E-state index contributed by atoms with van der Waals surface area (Å²) >= 11 is 0. The van der Waals surface area contributed by atoms with Gasteiger partial charge in [-0.05, 0) is 13.8 Å². The Morgan fingerprint density at radius 2 is 2.09 bits per heavy atom. The van der Waals surface area contributed by atoms with Gasteiger partial charge in [0.15, 0.2) is 0 Å². The fourth-order valence-electron chi connectivity index (χ4n) is 0.936. The number of alkyl halides is 2. The highest BCUT2D eigenvalue weighted by Crippen LogP contribution is 2.18. The second-order valence-corrected chi connectivity index (χ2v) is 2.88. The zero-order chi connectivity index (χ0) is 9.07. The van der Waals surface area contributed by atoms with Crippen molar-refractivity contribution in [1.29, 1.82) is 0 Å². The van der Waals surface area contributed by atoms with Crippen LogP contribution < -0.4 is 5.32 Å². The van der Waals surface area contributed by atoms with Gasteiger partial charge >= 0.3 is 0 Å². The van der Waals surface area contributed by atoms with Crippen LogP contribution in [-0.2, 0) is 4.79 Å². The molecule has 0 rings (SSSR count). The Labute approximate surface area is 65.0 Å². The zero-order valence-electron chi connectivity index (χ0n) is 6.95. The highest BCUT2D eigenvalue weighted by atomic mass is 19.3. The molecule has 0 saturated carbocycles. The molecular formula is C7H13F2NO. The Balaban J connectivity index is 3.69. The Bertz CT molecular complexity index is 142. The molecule has 4 heteroatoms. The predicted octanol–water partition coefficient (Wildman–Crippen LogP) is 1.56. The van der Waals surface area contributed by atoms with Crippen molar-refractivity contribution < 1.29 is 13.6 Å². The average molecular weight is 165 g/mol. The number of amides is 1. The highest BCUT2D eigenvalue weighted by molar-refractivity contribution is 5.73. The molecule has 2 nitrogen and oxygen atoms in total. The van der Waals surface area contributed by atoms with Crippen LogP contribution in [0.1, 0.15) is 27.2 Å². The molecule has 0 aliphatic carbocycles. The number of carbonyl (C=O) groups excluding carboxylic acids is 1. The number of hydrogen-bond acceptors (Lipinski definition) is 1. The maximum Gasteiger partial charge on any atom is 0.247 e. The molecule has 0 bridgehead atoms. The van der Waals surface area contributed by atoms with E-state index >= 15 is 0 Å². The number of carbonyl (C=O) groups is 1. The molecule has 0 aliphatic heterocycles. The summed E-state index contributed by atoms with van der Waals surface area (Å²) in [6, 6.07) is -0.465. The Morgan fingerprint density at radius 3 is 2.36 bits per heavy atom. The fraction of sp³-hybridized carbons (Fsp3) is 0.857. The van der Waals surface area contributed by atoms with Gasteiger partial charge in [0.1, 0.15) is 0 Å². The first-order chi connectivity index (χ1) is 4.81. The number of nitrogens with one attached hydrogen (secondary N) is 1. The normalized spacial score (nSPS) is 14.3. The van der Waals surface area contributed by atoms with Gasteiger partial charge in [-0.1, -0.05) is 0 Å². The van der Waals surface area contributed by atoms with E-state index in [9.17, 15) is 13.6 Å². The third kappa shape index (κ3) is 7.22. The average Bonchev–Trinajstić information content (AvgIpc) is 1.53. The van der Waals surface area contributed by atoms with Crippen LogP contribution in [0.3, 0.4) is 0 Å². The van der Waals surface area contributed by atoms with Gasteiger partial charge in [0, 0.05) is 19.4 Å². The van der Waals surface area contributed by atoms with Crippen molar-refractivity contribution in [3.63, 3.8) is 0 Å². The fourth-order valence-corrected chi connectivity index (χ4v) is 0.936. The molecule has 0 aromatic rings. The van der Waals surface area contributed by atoms with E-state index in [1.807, 2.05) is 0 Å². The second kappa shape index (κ2) is 3.64. The minimum Gasteiger partial charge on any atom is -0.354 e. The summed E-state index contributed by atoms with van der Waals surface area (Å²) in [5.41, 5.74) is 0. The Hall–Kier alpha value is -0.670. The van der Waals surface area contributed by atoms with Gasteiger partial charge in [-0.25, -0.2) is 8.78 Å². The van der Waals surface area contributed by atoms with Crippen LogP contribution in [-0.4, -0.2) is 17.9 Å². The molecule has 0 heterocycles. The quantitative estimate of drug-likeness (QED) is 0.675. The van der Waals surface area contributed by atoms with Crippen molar-refractivity contribution in [2.75, 3.05) is 0 Å². The highest BCUT2D eigenvalue weighted by Gasteiger charge is 2.24. The lowest BCUT2D eigenvalue weighted by molar-refractivity contribution is -0.120. The van der Waals surface area contributed by atoms with Crippen molar-refractivity contribution in [3.05, 3.63) is 0 Å². The lowest BCUT2D eigenvalue weighted by Gasteiger charge is -2.16. The van der Waals surface area contributed by atoms with Crippen LogP contribution in [0.25, 0.3) is 0 Å². The van der Waals surface area contributed by atoms with E-state index in [1.165, 1.54) is 6.92 Å². The summed E-state index contributed by atoms with van der Waals surface area (Å²) in [6.45, 7) is 3.70. The van der Waals surface area contributed by atoms with Gasteiger partial charge in [0.25, 0.3) is 0 Å². The van der Waals surface area contributed by atoms with Crippen LogP contribution in [0.2, 0.25) is 0 Å². The number of halogens is 2. The van der Waals surface area contributed by atoms with Crippen molar-refractivity contribution in [2.45, 2.75) is 39.2 Å². The maximum atomic E-state index is 12.3. The summed E-state index contributed by atoms with van der Waals surface area (Å²) < 4.78 is 24.5. The molecule has 11 heavy (non-hydrogen) atoms. The molecule has 0 saturated heterocycles. The molecular weight excluding hydrogens is 152 g/mol. The van der Waals surface area contributed by atoms with E-state index in [0.717, 1.165) is 6.92 Å². The summed E-state index contributed by atoms with van der Waals surface area (Å²) in [6.07, 6.45) is -0.313. The van der Waals surface area contributed by atoms with Gasteiger partial charge in [0.05, 0.1) is 0 Å². The molecule has 0 aliphatic rings. The third-order valence-electron chi connectivity index (χ3n) is 1.11. The summed E-state index contributed by atoms with van der Waals surface area (Å²) in [5.74, 6) is -2.98. The van der Waals surface area contributed by atoms with E-state index in [-0.39, 0.29) is 12.3 Å². The molecule has 1 N–H and O–H groups in total. The molecule has 0 radical (unpaired) electrons. The van der Waals surface area contributed by atoms with E-state index in [0.29, 0.717) is 0 Å². The lowest BCUT2D eigenvalue weighted by atomic mass is 10.1. The van der Waals surface area contributed by atoms with Gasteiger partial charge in [-0.2, -0.15) is 0 Å². The SMILES string of the molecule is CC(=O)NC(C)CC(C)(F)F. The largest absolute Gasteiger partial charge is 0.354 e. The van der Waals surface area contributed by atoms with Crippen molar-refractivity contribution in [3.8, 4) is 0 Å². The van der Waals surface area contributed by atoms with E-state index < -0.39 is 12.0 Å². The van der Waals surface area contributed by atoms with Gasteiger partial charge in [-0.3, -0.25) is 4.79 Å².